The first-order valence-corrected chi connectivity index (χ1v) is 9.42. The van der Waals surface area contributed by atoms with Gasteiger partial charge in [-0.1, -0.05) is 11.6 Å². The normalized spacial score (nSPS) is 22.0. The van der Waals surface area contributed by atoms with Crippen LogP contribution in [-0.4, -0.2) is 53.7 Å². The van der Waals surface area contributed by atoms with Crippen LogP contribution in [0.15, 0.2) is 18.2 Å². The van der Waals surface area contributed by atoms with Gasteiger partial charge in [0.2, 0.25) is 0 Å². The van der Waals surface area contributed by atoms with Gasteiger partial charge in [-0.3, -0.25) is 14.5 Å². The van der Waals surface area contributed by atoms with Crippen molar-refractivity contribution in [2.45, 2.75) is 44.7 Å². The Morgan fingerprint density at radius 3 is 2.69 bits per heavy atom. The van der Waals surface area contributed by atoms with E-state index in [1.807, 2.05) is 6.92 Å². The molecule has 0 saturated heterocycles. The molecule has 0 aromatic heterocycles. The van der Waals surface area contributed by atoms with Crippen molar-refractivity contribution in [3.63, 3.8) is 0 Å². The Bertz CT molecular complexity index is 672. The lowest BCUT2D eigenvalue weighted by Gasteiger charge is -2.42. The predicted octanol–water partition coefficient (Wildman–Crippen LogP) is 2.47. The van der Waals surface area contributed by atoms with Gasteiger partial charge in [-0.2, -0.15) is 0 Å². The number of hydrogen-bond donors (Lipinski definition) is 2. The number of nitrogens with one attached hydrogen (secondary N) is 1. The van der Waals surface area contributed by atoms with Crippen LogP contribution in [0, 0.1) is 12.8 Å². The molecule has 0 unspecified atom stereocenters. The molecule has 2 aliphatic rings. The number of aliphatic carboxylic acids is 1. The summed E-state index contributed by atoms with van der Waals surface area (Å²) in [5, 5.41) is 12.7. The molecule has 1 aromatic rings. The lowest BCUT2D eigenvalue weighted by Crippen LogP contribution is -2.55. The number of ether oxygens (including phenoxy) is 1. The SMILES string of the molecule is Cc1cc(OCC(=O)NC2CC(N(CC(=O)O)CC3CC3)C2)ccc1Cl. The summed E-state index contributed by atoms with van der Waals surface area (Å²) in [5.74, 6) is 0.322. The summed E-state index contributed by atoms with van der Waals surface area (Å²) in [7, 11) is 0. The molecular weight excluding hydrogens is 356 g/mol. The number of carboxylic acid groups (broad SMARTS) is 1. The van der Waals surface area contributed by atoms with E-state index in [-0.39, 0.29) is 31.1 Å². The minimum Gasteiger partial charge on any atom is -0.484 e. The van der Waals surface area contributed by atoms with Crippen LogP contribution in [0.3, 0.4) is 0 Å². The maximum Gasteiger partial charge on any atom is 0.317 e. The topological polar surface area (TPSA) is 78.9 Å². The molecule has 26 heavy (non-hydrogen) atoms. The van der Waals surface area contributed by atoms with Gasteiger partial charge in [0.25, 0.3) is 5.91 Å². The Hall–Kier alpha value is -1.79. The molecule has 0 radical (unpaired) electrons. The molecule has 0 spiro atoms. The number of carboxylic acids is 1. The highest BCUT2D eigenvalue weighted by Gasteiger charge is 2.37. The van der Waals surface area contributed by atoms with Crippen molar-refractivity contribution in [3.8, 4) is 5.75 Å². The minimum atomic E-state index is -0.787. The van der Waals surface area contributed by atoms with Gasteiger partial charge in [0.05, 0.1) is 6.54 Å². The Labute approximate surface area is 158 Å². The Kier molecular flexibility index (Phi) is 6.04. The van der Waals surface area contributed by atoms with Gasteiger partial charge in [-0.05, 0) is 62.3 Å². The summed E-state index contributed by atoms with van der Waals surface area (Å²) in [4.78, 5) is 25.1. The van der Waals surface area contributed by atoms with E-state index in [0.717, 1.165) is 24.9 Å². The second kappa shape index (κ2) is 8.27. The molecule has 2 N–H and O–H groups in total. The third-order valence-corrected chi connectivity index (χ3v) is 5.45. The molecule has 2 aliphatic carbocycles. The molecular formula is C19H25ClN2O4. The van der Waals surface area contributed by atoms with Crippen LogP contribution < -0.4 is 10.1 Å². The molecule has 1 aromatic carbocycles. The first-order valence-electron chi connectivity index (χ1n) is 9.05. The molecule has 3 rings (SSSR count). The van der Waals surface area contributed by atoms with Crippen molar-refractivity contribution in [3.05, 3.63) is 28.8 Å². The van der Waals surface area contributed by atoms with E-state index in [9.17, 15) is 9.59 Å². The molecule has 7 heteroatoms. The summed E-state index contributed by atoms with van der Waals surface area (Å²) in [6.07, 6.45) is 3.99. The van der Waals surface area contributed by atoms with Gasteiger partial charge >= 0.3 is 5.97 Å². The number of aryl methyl sites for hydroxylation is 1. The molecule has 2 fully saturated rings. The zero-order valence-corrected chi connectivity index (χ0v) is 15.7. The van der Waals surface area contributed by atoms with Crippen molar-refractivity contribution in [1.82, 2.24) is 10.2 Å². The van der Waals surface area contributed by atoms with Crippen LogP contribution in [0.1, 0.15) is 31.2 Å². The van der Waals surface area contributed by atoms with Crippen LogP contribution in [-0.2, 0) is 9.59 Å². The smallest absolute Gasteiger partial charge is 0.317 e. The van der Waals surface area contributed by atoms with E-state index in [4.69, 9.17) is 21.4 Å². The number of benzene rings is 1. The van der Waals surface area contributed by atoms with E-state index in [1.54, 1.807) is 18.2 Å². The van der Waals surface area contributed by atoms with Gasteiger partial charge in [0.15, 0.2) is 6.61 Å². The molecule has 1 amide bonds. The third kappa shape index (κ3) is 5.35. The second-order valence-electron chi connectivity index (χ2n) is 7.36. The summed E-state index contributed by atoms with van der Waals surface area (Å²) in [6.45, 7) is 2.79. The number of carbonyl (C=O) groups excluding carboxylic acids is 1. The minimum absolute atomic E-state index is 0.0385. The van der Waals surface area contributed by atoms with Crippen LogP contribution in [0.25, 0.3) is 0 Å². The highest BCUT2D eigenvalue weighted by molar-refractivity contribution is 6.31. The van der Waals surface area contributed by atoms with E-state index < -0.39 is 5.97 Å². The fraction of sp³-hybridized carbons (Fsp3) is 0.579. The second-order valence-corrected chi connectivity index (χ2v) is 7.76. The van der Waals surface area contributed by atoms with Gasteiger partial charge in [0.1, 0.15) is 5.75 Å². The zero-order valence-electron chi connectivity index (χ0n) is 14.9. The van der Waals surface area contributed by atoms with Gasteiger partial charge in [0, 0.05) is 23.7 Å². The summed E-state index contributed by atoms with van der Waals surface area (Å²) in [6, 6.07) is 5.63. The zero-order chi connectivity index (χ0) is 18.7. The molecule has 142 valence electrons. The van der Waals surface area contributed by atoms with Crippen molar-refractivity contribution < 1.29 is 19.4 Å². The fourth-order valence-electron chi connectivity index (χ4n) is 3.28. The summed E-state index contributed by atoms with van der Waals surface area (Å²) < 4.78 is 5.50. The molecule has 0 atom stereocenters. The molecule has 0 heterocycles. The fourth-order valence-corrected chi connectivity index (χ4v) is 3.40. The first kappa shape index (κ1) is 19.0. The number of rotatable bonds is 9. The molecule has 2 saturated carbocycles. The van der Waals surface area contributed by atoms with Crippen molar-refractivity contribution in [1.29, 1.82) is 0 Å². The van der Waals surface area contributed by atoms with E-state index in [1.165, 1.54) is 12.8 Å². The summed E-state index contributed by atoms with van der Waals surface area (Å²) in [5.41, 5.74) is 0.903. The Balaban J connectivity index is 1.39. The maximum atomic E-state index is 12.0. The monoisotopic (exact) mass is 380 g/mol. The van der Waals surface area contributed by atoms with Gasteiger partial charge < -0.3 is 15.2 Å². The number of nitrogens with zero attached hydrogens (tertiary/aromatic N) is 1. The van der Waals surface area contributed by atoms with Crippen molar-refractivity contribution in [2.75, 3.05) is 19.7 Å². The van der Waals surface area contributed by atoms with E-state index >= 15 is 0 Å². The number of amides is 1. The average Bonchev–Trinajstić information content (AvgIpc) is 3.34. The van der Waals surface area contributed by atoms with Crippen LogP contribution in [0.5, 0.6) is 5.75 Å². The standard InChI is InChI=1S/C19H25ClN2O4/c1-12-6-16(4-5-17(12)20)26-11-18(23)21-14-7-15(8-14)22(10-19(24)25)9-13-2-3-13/h4-6,13-15H,2-3,7-11H2,1H3,(H,21,23)(H,24,25). The van der Waals surface area contributed by atoms with E-state index in [0.29, 0.717) is 16.7 Å². The Morgan fingerprint density at radius 2 is 2.08 bits per heavy atom. The number of carbonyl (C=O) groups is 2. The lowest BCUT2D eigenvalue weighted by molar-refractivity contribution is -0.140. The first-order chi connectivity index (χ1) is 12.4. The largest absolute Gasteiger partial charge is 0.484 e. The van der Waals surface area contributed by atoms with Gasteiger partial charge in [-0.15, -0.1) is 0 Å². The molecule has 0 aliphatic heterocycles. The highest BCUT2D eigenvalue weighted by atomic mass is 35.5. The van der Waals surface area contributed by atoms with Crippen LogP contribution >= 0.6 is 11.6 Å². The molecule has 0 bridgehead atoms. The quantitative estimate of drug-likeness (QED) is 0.688. The van der Waals surface area contributed by atoms with Gasteiger partial charge in [-0.25, -0.2) is 0 Å². The lowest BCUT2D eigenvalue weighted by atomic mass is 9.85. The molecule has 6 nitrogen and oxygen atoms in total. The van der Waals surface area contributed by atoms with Crippen molar-refractivity contribution >= 4 is 23.5 Å². The maximum absolute atomic E-state index is 12.0. The number of halogens is 1. The van der Waals surface area contributed by atoms with Crippen LogP contribution in [0.2, 0.25) is 5.02 Å². The van der Waals surface area contributed by atoms with Crippen LogP contribution in [0.4, 0.5) is 0 Å². The van der Waals surface area contributed by atoms with E-state index in [2.05, 4.69) is 10.2 Å². The predicted molar refractivity (Wildman–Crippen MR) is 98.6 cm³/mol. The Morgan fingerprint density at radius 1 is 1.35 bits per heavy atom. The highest BCUT2D eigenvalue weighted by Crippen LogP contribution is 2.33. The third-order valence-electron chi connectivity index (χ3n) is 5.02. The number of hydrogen-bond acceptors (Lipinski definition) is 4. The summed E-state index contributed by atoms with van der Waals surface area (Å²) >= 11 is 5.97. The van der Waals surface area contributed by atoms with Crippen molar-refractivity contribution in [2.24, 2.45) is 5.92 Å². The average molecular weight is 381 g/mol.